The zero-order chi connectivity index (χ0) is 24.1. The summed E-state index contributed by atoms with van der Waals surface area (Å²) in [6.45, 7) is 1.50. The summed E-state index contributed by atoms with van der Waals surface area (Å²) in [6.07, 6.45) is 2.38. The summed E-state index contributed by atoms with van der Waals surface area (Å²) in [4.78, 5) is 26.3. The van der Waals surface area contributed by atoms with Crippen LogP contribution in [0, 0.1) is 0 Å². The van der Waals surface area contributed by atoms with Gasteiger partial charge in [0.25, 0.3) is 0 Å². The SMILES string of the molecule is CS(=O)(=O)Nc1cccc(C2CC2N(C(=O)O[C@@H](Cc2ccccc2)NC=O)[C@H]2CCNC2)c1. The second-order valence-corrected chi connectivity index (χ2v) is 10.6. The highest BCUT2D eigenvalue weighted by Crippen LogP contribution is 2.46. The number of amides is 2. The van der Waals surface area contributed by atoms with Crippen LogP contribution in [0.1, 0.15) is 29.9 Å². The third-order valence-electron chi connectivity index (χ3n) is 6.13. The molecule has 0 aromatic heterocycles. The first kappa shape index (κ1) is 24.0. The molecule has 10 heteroatoms. The molecule has 0 bridgehead atoms. The second kappa shape index (κ2) is 10.4. The molecule has 9 nitrogen and oxygen atoms in total. The van der Waals surface area contributed by atoms with Gasteiger partial charge in [-0.3, -0.25) is 9.52 Å². The summed E-state index contributed by atoms with van der Waals surface area (Å²) in [5.41, 5.74) is 2.41. The van der Waals surface area contributed by atoms with Gasteiger partial charge in [-0.15, -0.1) is 0 Å². The van der Waals surface area contributed by atoms with Gasteiger partial charge in [-0.05, 0) is 42.6 Å². The van der Waals surface area contributed by atoms with E-state index in [1.54, 1.807) is 11.0 Å². The van der Waals surface area contributed by atoms with Crippen molar-refractivity contribution in [3.05, 3.63) is 65.7 Å². The molecule has 1 aliphatic heterocycles. The Balaban J connectivity index is 1.48. The van der Waals surface area contributed by atoms with Crippen molar-refractivity contribution in [1.82, 2.24) is 15.5 Å². The van der Waals surface area contributed by atoms with E-state index in [1.165, 1.54) is 0 Å². The van der Waals surface area contributed by atoms with E-state index in [-0.39, 0.29) is 18.0 Å². The van der Waals surface area contributed by atoms with Gasteiger partial charge in [-0.1, -0.05) is 42.5 Å². The van der Waals surface area contributed by atoms with Crippen LogP contribution in [0.25, 0.3) is 0 Å². The van der Waals surface area contributed by atoms with Crippen molar-refractivity contribution in [3.8, 4) is 0 Å². The molecule has 1 heterocycles. The van der Waals surface area contributed by atoms with Gasteiger partial charge in [0.2, 0.25) is 16.4 Å². The third-order valence-corrected chi connectivity index (χ3v) is 6.74. The number of rotatable bonds is 10. The van der Waals surface area contributed by atoms with Crippen molar-refractivity contribution in [2.75, 3.05) is 24.1 Å². The van der Waals surface area contributed by atoms with Crippen LogP contribution in [0.2, 0.25) is 0 Å². The van der Waals surface area contributed by atoms with E-state index in [0.29, 0.717) is 25.1 Å². The van der Waals surface area contributed by atoms with Crippen LogP contribution in [0.5, 0.6) is 0 Å². The predicted molar refractivity (Wildman–Crippen MR) is 129 cm³/mol. The Hall–Kier alpha value is -3.11. The lowest BCUT2D eigenvalue weighted by Crippen LogP contribution is -2.47. The van der Waals surface area contributed by atoms with Crippen LogP contribution in [0.4, 0.5) is 10.5 Å². The Morgan fingerprint density at radius 2 is 2.03 bits per heavy atom. The topological polar surface area (TPSA) is 117 Å². The van der Waals surface area contributed by atoms with E-state index < -0.39 is 22.3 Å². The highest BCUT2D eigenvalue weighted by Gasteiger charge is 2.48. The van der Waals surface area contributed by atoms with Gasteiger partial charge in [0, 0.05) is 36.7 Å². The first-order chi connectivity index (χ1) is 16.3. The number of carbonyl (C=O) groups excluding carboxylic acids is 2. The molecular weight excluding hydrogens is 456 g/mol. The normalized spacial score (nSPS) is 22.4. The fourth-order valence-corrected chi connectivity index (χ4v) is 5.10. The average Bonchev–Trinajstić information content (AvgIpc) is 3.37. The number of nitrogens with one attached hydrogen (secondary N) is 3. The number of hydrogen-bond acceptors (Lipinski definition) is 6. The lowest BCUT2D eigenvalue weighted by atomic mass is 10.1. The minimum atomic E-state index is -3.38. The van der Waals surface area contributed by atoms with Gasteiger partial charge in [-0.2, -0.15) is 0 Å². The zero-order valence-corrected chi connectivity index (χ0v) is 19.8. The van der Waals surface area contributed by atoms with Gasteiger partial charge >= 0.3 is 6.09 Å². The molecular formula is C24H30N4O5S. The number of anilines is 1. The molecule has 4 atom stereocenters. The highest BCUT2D eigenvalue weighted by atomic mass is 32.2. The Morgan fingerprint density at radius 1 is 1.24 bits per heavy atom. The van der Waals surface area contributed by atoms with Crippen molar-refractivity contribution < 1.29 is 22.7 Å². The van der Waals surface area contributed by atoms with Crippen molar-refractivity contribution in [1.29, 1.82) is 0 Å². The number of ether oxygens (including phenoxy) is 1. The fourth-order valence-electron chi connectivity index (χ4n) is 4.55. The summed E-state index contributed by atoms with van der Waals surface area (Å²) in [5, 5.41) is 5.91. The minimum absolute atomic E-state index is 0.00608. The van der Waals surface area contributed by atoms with Crippen molar-refractivity contribution in [2.24, 2.45) is 0 Å². The van der Waals surface area contributed by atoms with Crippen LogP contribution in [-0.2, 0) is 26.0 Å². The molecule has 1 saturated heterocycles. The van der Waals surface area contributed by atoms with Crippen LogP contribution in [0.3, 0.4) is 0 Å². The molecule has 2 aliphatic rings. The van der Waals surface area contributed by atoms with E-state index in [1.807, 2.05) is 48.5 Å². The molecule has 2 aromatic rings. The van der Waals surface area contributed by atoms with Crippen LogP contribution in [-0.4, -0.2) is 63.5 Å². The van der Waals surface area contributed by atoms with Gasteiger partial charge < -0.3 is 20.3 Å². The van der Waals surface area contributed by atoms with Crippen LogP contribution in [0.15, 0.2) is 54.6 Å². The quantitative estimate of drug-likeness (QED) is 0.350. The van der Waals surface area contributed by atoms with E-state index in [2.05, 4.69) is 15.4 Å². The van der Waals surface area contributed by atoms with E-state index in [0.717, 1.165) is 36.8 Å². The molecule has 0 spiro atoms. The largest absolute Gasteiger partial charge is 0.425 e. The molecule has 1 aliphatic carbocycles. The van der Waals surface area contributed by atoms with E-state index >= 15 is 0 Å². The number of carbonyl (C=O) groups is 2. The smallest absolute Gasteiger partial charge is 0.412 e. The standard InChI is InChI=1S/C24H30N4O5S/c1-34(31,32)27-19-9-5-8-18(13-19)21-14-22(21)28(20-10-11-25-15-20)24(30)33-23(26-16-29)12-17-6-3-2-4-7-17/h2-9,13,16,20-23,25,27H,10-12,14-15H2,1H3,(H,26,29)/t20-,21?,22?,23-/m0/s1. The fraction of sp³-hybridized carbons (Fsp3) is 0.417. The van der Waals surface area contributed by atoms with Gasteiger partial charge in [0.05, 0.1) is 6.26 Å². The van der Waals surface area contributed by atoms with Crippen molar-refractivity contribution in [3.63, 3.8) is 0 Å². The lowest BCUT2D eigenvalue weighted by molar-refractivity contribution is -0.112. The zero-order valence-electron chi connectivity index (χ0n) is 19.0. The molecule has 3 N–H and O–H groups in total. The molecule has 0 radical (unpaired) electrons. The summed E-state index contributed by atoms with van der Waals surface area (Å²) in [7, 11) is -3.38. The molecule has 1 saturated carbocycles. The molecule has 2 amide bonds. The lowest BCUT2D eigenvalue weighted by Gasteiger charge is -2.30. The molecule has 2 fully saturated rings. The number of sulfonamides is 1. The molecule has 2 aromatic carbocycles. The van der Waals surface area contributed by atoms with Crippen molar-refractivity contribution in [2.45, 2.75) is 43.5 Å². The van der Waals surface area contributed by atoms with Crippen LogP contribution >= 0.6 is 0 Å². The molecule has 4 rings (SSSR count). The van der Waals surface area contributed by atoms with Gasteiger partial charge in [-0.25, -0.2) is 13.2 Å². The number of hydrogen-bond donors (Lipinski definition) is 3. The van der Waals surface area contributed by atoms with Crippen molar-refractivity contribution >= 4 is 28.2 Å². The molecule has 2 unspecified atom stereocenters. The summed E-state index contributed by atoms with van der Waals surface area (Å²) in [6, 6.07) is 16.7. The van der Waals surface area contributed by atoms with Gasteiger partial charge in [0.1, 0.15) is 0 Å². The maximum absolute atomic E-state index is 13.3. The van der Waals surface area contributed by atoms with E-state index in [9.17, 15) is 18.0 Å². The summed E-state index contributed by atoms with van der Waals surface area (Å²) in [5.74, 6) is 0.0843. The average molecular weight is 487 g/mol. The summed E-state index contributed by atoms with van der Waals surface area (Å²) < 4.78 is 31.5. The second-order valence-electron chi connectivity index (χ2n) is 8.81. The van der Waals surface area contributed by atoms with E-state index in [4.69, 9.17) is 4.74 Å². The minimum Gasteiger partial charge on any atom is -0.425 e. The molecule has 34 heavy (non-hydrogen) atoms. The monoisotopic (exact) mass is 486 g/mol. The first-order valence-corrected chi connectivity index (χ1v) is 13.2. The Morgan fingerprint density at radius 3 is 2.71 bits per heavy atom. The first-order valence-electron chi connectivity index (χ1n) is 11.3. The highest BCUT2D eigenvalue weighted by molar-refractivity contribution is 7.92. The maximum atomic E-state index is 13.3. The Bertz CT molecular complexity index is 1110. The maximum Gasteiger partial charge on any atom is 0.412 e. The third kappa shape index (κ3) is 6.27. The Kier molecular flexibility index (Phi) is 7.38. The molecule has 182 valence electrons. The van der Waals surface area contributed by atoms with Crippen LogP contribution < -0.4 is 15.4 Å². The van der Waals surface area contributed by atoms with Gasteiger partial charge in [0.15, 0.2) is 6.23 Å². The predicted octanol–water partition coefficient (Wildman–Crippen LogP) is 2.03. The number of benzene rings is 2. The Labute approximate surface area is 199 Å². The summed E-state index contributed by atoms with van der Waals surface area (Å²) >= 11 is 0. The number of nitrogens with zero attached hydrogens (tertiary/aromatic N) is 1.